The van der Waals surface area contributed by atoms with Crippen LogP contribution < -0.4 is 5.73 Å². The molecule has 37 heavy (non-hydrogen) atoms. The highest BCUT2D eigenvalue weighted by molar-refractivity contribution is 5.94. The van der Waals surface area contributed by atoms with Gasteiger partial charge in [-0.3, -0.25) is 4.79 Å². The van der Waals surface area contributed by atoms with Gasteiger partial charge < -0.3 is 15.2 Å². The zero-order valence-corrected chi connectivity index (χ0v) is 22.2. The van der Waals surface area contributed by atoms with Crippen LogP contribution in [0.15, 0.2) is 91.1 Å². The maximum atomic E-state index is 14.0. The highest BCUT2D eigenvalue weighted by Crippen LogP contribution is 2.34. The lowest BCUT2D eigenvalue weighted by atomic mass is 9.95. The van der Waals surface area contributed by atoms with Gasteiger partial charge in [-0.2, -0.15) is 0 Å². The average Bonchev–Trinajstić information content (AvgIpc) is 3.34. The third-order valence-electron chi connectivity index (χ3n) is 7.02. The predicted octanol–water partition coefficient (Wildman–Crippen LogP) is 6.49. The first kappa shape index (κ1) is 26.4. The summed E-state index contributed by atoms with van der Waals surface area (Å²) in [6.07, 6.45) is 3.78. The molecule has 0 saturated heterocycles. The molecule has 0 saturated carbocycles. The van der Waals surface area contributed by atoms with Crippen LogP contribution in [0.1, 0.15) is 60.0 Å². The zero-order chi connectivity index (χ0) is 26.2. The Hall–Kier alpha value is -3.70. The van der Waals surface area contributed by atoms with E-state index in [1.54, 1.807) is 0 Å². The number of carbonyl (C=O) groups is 1. The van der Waals surface area contributed by atoms with Crippen LogP contribution in [0.25, 0.3) is 11.3 Å². The normalized spacial score (nSPS) is 12.8. The lowest BCUT2D eigenvalue weighted by Gasteiger charge is -2.35. The van der Waals surface area contributed by atoms with Gasteiger partial charge in [0.15, 0.2) is 0 Å². The summed E-state index contributed by atoms with van der Waals surface area (Å²) in [4.78, 5) is 21.2. The summed E-state index contributed by atoms with van der Waals surface area (Å²) < 4.78 is 2.23. The van der Waals surface area contributed by atoms with Crippen molar-refractivity contribution in [3.05, 3.63) is 114 Å². The van der Waals surface area contributed by atoms with Gasteiger partial charge >= 0.3 is 0 Å². The molecule has 0 radical (unpaired) electrons. The van der Waals surface area contributed by atoms with Gasteiger partial charge in [0.2, 0.25) is 0 Å². The van der Waals surface area contributed by atoms with Crippen molar-refractivity contribution >= 4 is 5.91 Å². The number of aryl methyl sites for hydroxylation is 1. The second-order valence-electron chi connectivity index (χ2n) is 9.80. The van der Waals surface area contributed by atoms with Crippen LogP contribution in [0, 0.1) is 12.8 Å². The Labute approximate surface area is 221 Å². The smallest absolute Gasteiger partial charge is 0.254 e. The van der Waals surface area contributed by atoms with Gasteiger partial charge in [0, 0.05) is 30.4 Å². The molecule has 4 rings (SSSR count). The summed E-state index contributed by atoms with van der Waals surface area (Å²) in [5.74, 6) is 1.14. The van der Waals surface area contributed by atoms with Crippen LogP contribution in [-0.4, -0.2) is 33.4 Å². The molecule has 0 fully saturated rings. The molecule has 4 aromatic rings. The molecule has 0 aliphatic rings. The number of hydrogen-bond donors (Lipinski definition) is 1. The van der Waals surface area contributed by atoms with E-state index >= 15 is 0 Å². The molecule has 1 heterocycles. The van der Waals surface area contributed by atoms with Crippen molar-refractivity contribution in [2.75, 3.05) is 13.1 Å². The molecular weight excluding hydrogens is 456 g/mol. The van der Waals surface area contributed by atoms with Gasteiger partial charge in [0.1, 0.15) is 5.82 Å². The molecule has 0 bridgehead atoms. The third kappa shape index (κ3) is 6.36. The highest BCUT2D eigenvalue weighted by atomic mass is 16.2. The average molecular weight is 495 g/mol. The largest absolute Gasteiger partial charge is 0.330 e. The van der Waals surface area contributed by atoms with E-state index in [1.807, 2.05) is 60.4 Å². The van der Waals surface area contributed by atoms with E-state index in [9.17, 15) is 4.79 Å². The highest BCUT2D eigenvalue weighted by Gasteiger charge is 2.33. The summed E-state index contributed by atoms with van der Waals surface area (Å²) in [7, 11) is 0. The number of nitrogens with zero attached hydrogens (tertiary/aromatic N) is 3. The maximum Gasteiger partial charge on any atom is 0.254 e. The molecular formula is C32H38N4O. The van der Waals surface area contributed by atoms with Crippen molar-refractivity contribution in [3.8, 4) is 11.3 Å². The lowest BCUT2D eigenvalue weighted by Crippen LogP contribution is -2.40. The van der Waals surface area contributed by atoms with Crippen LogP contribution in [-0.2, 0) is 6.54 Å². The fourth-order valence-corrected chi connectivity index (χ4v) is 4.74. The van der Waals surface area contributed by atoms with Crippen molar-refractivity contribution < 1.29 is 4.79 Å². The Morgan fingerprint density at radius 3 is 2.24 bits per heavy atom. The first-order chi connectivity index (χ1) is 18.0. The predicted molar refractivity (Wildman–Crippen MR) is 151 cm³/mol. The molecule has 0 spiro atoms. The van der Waals surface area contributed by atoms with Crippen molar-refractivity contribution in [1.82, 2.24) is 14.5 Å². The molecule has 0 aliphatic carbocycles. The summed E-state index contributed by atoms with van der Waals surface area (Å²) in [6, 6.07) is 28.3. The molecule has 1 amide bonds. The van der Waals surface area contributed by atoms with Crippen LogP contribution in [0.3, 0.4) is 0 Å². The fraction of sp³-hybridized carbons (Fsp3) is 0.312. The van der Waals surface area contributed by atoms with Gasteiger partial charge in [0.25, 0.3) is 5.91 Å². The van der Waals surface area contributed by atoms with E-state index in [2.05, 4.69) is 61.0 Å². The number of nitrogens with two attached hydrogens (primary N) is 1. The van der Waals surface area contributed by atoms with Gasteiger partial charge in [0.05, 0.1) is 11.7 Å². The van der Waals surface area contributed by atoms with Gasteiger partial charge in [-0.25, -0.2) is 4.98 Å². The molecule has 192 valence electrons. The number of aromatic nitrogens is 2. The standard InChI is InChI=1S/C32H38N4O/c1-4-25(3)30(36(21-11-20-33)32(37)28-18-16-24(2)17-19-28)31-34-29(27-14-9-6-10-15-27)23-35(31)22-26-12-7-5-8-13-26/h5-10,12-19,23,25,30H,4,11,20-22,33H2,1-3H3/t25-,30+/m0/s1. The van der Waals surface area contributed by atoms with Crippen molar-refractivity contribution in [2.45, 2.75) is 46.2 Å². The number of rotatable bonds is 11. The first-order valence-electron chi connectivity index (χ1n) is 13.3. The molecule has 2 atom stereocenters. The minimum absolute atomic E-state index is 0.0225. The number of carbonyl (C=O) groups excluding carboxylic acids is 1. The lowest BCUT2D eigenvalue weighted by molar-refractivity contribution is 0.0590. The zero-order valence-electron chi connectivity index (χ0n) is 22.2. The van der Waals surface area contributed by atoms with E-state index in [1.165, 1.54) is 5.56 Å². The molecule has 5 nitrogen and oxygen atoms in total. The topological polar surface area (TPSA) is 64.2 Å². The first-order valence-corrected chi connectivity index (χ1v) is 13.3. The summed E-state index contributed by atoms with van der Waals surface area (Å²) in [5.41, 5.74) is 10.9. The molecule has 3 aromatic carbocycles. The Morgan fingerprint density at radius 1 is 0.973 bits per heavy atom. The molecule has 5 heteroatoms. The molecule has 0 unspecified atom stereocenters. The number of benzene rings is 3. The Morgan fingerprint density at radius 2 is 1.62 bits per heavy atom. The summed E-state index contributed by atoms with van der Waals surface area (Å²) in [6.45, 7) is 8.22. The van der Waals surface area contributed by atoms with Crippen molar-refractivity contribution in [1.29, 1.82) is 0 Å². The van der Waals surface area contributed by atoms with Crippen LogP contribution in [0.4, 0.5) is 0 Å². The van der Waals surface area contributed by atoms with Gasteiger partial charge in [-0.1, -0.05) is 98.6 Å². The van der Waals surface area contributed by atoms with Crippen LogP contribution in [0.5, 0.6) is 0 Å². The van der Waals surface area contributed by atoms with E-state index in [-0.39, 0.29) is 17.9 Å². The monoisotopic (exact) mass is 494 g/mol. The summed E-state index contributed by atoms with van der Waals surface area (Å²) in [5, 5.41) is 0. The maximum absolute atomic E-state index is 14.0. The van der Waals surface area contributed by atoms with Gasteiger partial charge in [-0.05, 0) is 43.5 Å². The quantitative estimate of drug-likeness (QED) is 0.259. The molecule has 2 N–H and O–H groups in total. The second kappa shape index (κ2) is 12.5. The van der Waals surface area contributed by atoms with E-state index < -0.39 is 0 Å². The summed E-state index contributed by atoms with van der Waals surface area (Å²) >= 11 is 0. The third-order valence-corrected chi connectivity index (χ3v) is 7.02. The number of imidazole rings is 1. The Bertz CT molecular complexity index is 1270. The number of hydrogen-bond acceptors (Lipinski definition) is 3. The van der Waals surface area contributed by atoms with E-state index in [0.717, 1.165) is 35.5 Å². The SMILES string of the molecule is CC[C@H](C)[C@H](c1nc(-c2ccccc2)cn1Cc1ccccc1)N(CCCN)C(=O)c1ccc(C)cc1. The molecule has 1 aromatic heterocycles. The molecule has 0 aliphatic heterocycles. The minimum atomic E-state index is -0.188. The van der Waals surface area contributed by atoms with Crippen LogP contribution >= 0.6 is 0 Å². The number of amides is 1. The van der Waals surface area contributed by atoms with Crippen molar-refractivity contribution in [3.63, 3.8) is 0 Å². The van der Waals surface area contributed by atoms with E-state index in [0.29, 0.717) is 25.2 Å². The van der Waals surface area contributed by atoms with Crippen LogP contribution in [0.2, 0.25) is 0 Å². The van der Waals surface area contributed by atoms with Gasteiger partial charge in [-0.15, -0.1) is 0 Å². The Kier molecular flexibility index (Phi) is 8.91. The van der Waals surface area contributed by atoms with Crippen molar-refractivity contribution in [2.24, 2.45) is 11.7 Å². The minimum Gasteiger partial charge on any atom is -0.330 e. The van der Waals surface area contributed by atoms with E-state index in [4.69, 9.17) is 10.7 Å². The second-order valence-corrected chi connectivity index (χ2v) is 9.80. The Balaban J connectivity index is 1.83. The fourth-order valence-electron chi connectivity index (χ4n) is 4.74.